The van der Waals surface area contributed by atoms with Gasteiger partial charge in [-0.2, -0.15) is 8.78 Å². The van der Waals surface area contributed by atoms with Crippen LogP contribution in [-0.4, -0.2) is 102 Å². The Hall–Kier alpha value is -5.11. The van der Waals surface area contributed by atoms with E-state index < -0.39 is 102 Å². The minimum Gasteiger partial charge on any atom is -0.379 e. The van der Waals surface area contributed by atoms with Crippen LogP contribution in [0.1, 0.15) is 40.5 Å². The first kappa shape index (κ1) is 39.6. The number of nitrogens with zero attached hydrogens (tertiary/aromatic N) is 5. The van der Waals surface area contributed by atoms with Gasteiger partial charge >= 0.3 is 5.92 Å². The van der Waals surface area contributed by atoms with Crippen molar-refractivity contribution in [1.82, 2.24) is 20.2 Å². The third-order valence-corrected chi connectivity index (χ3v) is 9.30. The third kappa shape index (κ3) is 8.90. The van der Waals surface area contributed by atoms with Gasteiger partial charge in [-0.25, -0.2) is 40.7 Å². The number of carbonyl (C=O) groups is 2. The number of ether oxygens (including phenoxy) is 1. The molecular formula is C35H34F9N8O3+. The van der Waals surface area contributed by atoms with E-state index in [9.17, 15) is 40.3 Å². The highest BCUT2D eigenvalue weighted by molar-refractivity contribution is 5.94. The highest BCUT2D eigenvalue weighted by Crippen LogP contribution is 2.51. The molecule has 2 atom stereocenters. The van der Waals surface area contributed by atoms with Crippen molar-refractivity contribution in [2.24, 2.45) is 10.8 Å². The maximum atomic E-state index is 15.1. The topological polar surface area (TPSA) is 138 Å². The molecule has 6 rings (SSSR count). The molecule has 0 spiro atoms. The summed E-state index contributed by atoms with van der Waals surface area (Å²) in [5.41, 5.74) is 1.76. The number of amides is 2. The summed E-state index contributed by atoms with van der Waals surface area (Å²) in [4.78, 5) is 36.7. The lowest BCUT2D eigenvalue weighted by molar-refractivity contribution is -0.549. The highest BCUT2D eigenvalue weighted by Gasteiger charge is 2.64. The number of alkyl halides is 6. The van der Waals surface area contributed by atoms with Crippen molar-refractivity contribution >= 4 is 17.8 Å². The standard InChI is InChI=1S/C35H33F9N8O3/c36-20-11-18(12-21(37)15-20)13-25(48-26(53)17-52-30-27(29(50-52)31(39)40)34(41,42)3-4-35(30,43)44)28-23(19-1-2-24(38)22(14-19)32(45)54)16-47-33(49-28)46-5-6-51-7-9-55-10-8-51/h1-2,11-12,14-16,25,29,31H,3-10,13,17H2,(H3-,45,46,47,48,49,53,54)/p+1/t25-,29?/m0/s1. The van der Waals surface area contributed by atoms with Crippen molar-refractivity contribution in [3.8, 4) is 11.1 Å². The summed E-state index contributed by atoms with van der Waals surface area (Å²) < 4.78 is 137. The van der Waals surface area contributed by atoms with Crippen molar-refractivity contribution in [3.63, 3.8) is 0 Å². The lowest BCUT2D eigenvalue weighted by atomic mass is 9.86. The van der Waals surface area contributed by atoms with Crippen molar-refractivity contribution in [2.75, 3.05) is 51.3 Å². The summed E-state index contributed by atoms with van der Waals surface area (Å²) in [6.45, 7) is 2.01. The van der Waals surface area contributed by atoms with Gasteiger partial charge in [0.05, 0.1) is 30.5 Å². The monoisotopic (exact) mass is 785 g/mol. The van der Waals surface area contributed by atoms with E-state index in [1.54, 1.807) is 0 Å². The summed E-state index contributed by atoms with van der Waals surface area (Å²) in [5.74, 6) is -13.4. The number of azo groups is 2. The van der Waals surface area contributed by atoms with Crippen molar-refractivity contribution in [1.29, 1.82) is 0 Å². The van der Waals surface area contributed by atoms with Gasteiger partial charge in [0.25, 0.3) is 36.4 Å². The van der Waals surface area contributed by atoms with E-state index in [2.05, 4.69) is 30.6 Å². The Morgan fingerprint density at radius 2 is 1.69 bits per heavy atom. The van der Waals surface area contributed by atoms with Crippen LogP contribution in [0.5, 0.6) is 0 Å². The number of anilines is 1. The average Bonchev–Trinajstić information content (AvgIpc) is 3.52. The number of nitrogens with two attached hydrogens (primary N) is 1. The first-order chi connectivity index (χ1) is 26.0. The molecule has 0 radical (unpaired) electrons. The van der Waals surface area contributed by atoms with E-state index in [1.165, 1.54) is 12.3 Å². The number of aromatic nitrogens is 2. The molecule has 1 fully saturated rings. The number of hydrogen-bond donors (Lipinski definition) is 3. The predicted molar refractivity (Wildman–Crippen MR) is 176 cm³/mol. The van der Waals surface area contributed by atoms with Gasteiger partial charge in [0.1, 0.15) is 23.0 Å². The number of hydrogen-bond acceptors (Lipinski definition) is 8. The second-order valence-electron chi connectivity index (χ2n) is 13.2. The molecule has 3 aromatic rings. The van der Waals surface area contributed by atoms with Crippen LogP contribution in [0.3, 0.4) is 0 Å². The van der Waals surface area contributed by atoms with E-state index in [0.29, 0.717) is 45.5 Å². The van der Waals surface area contributed by atoms with Gasteiger partial charge < -0.3 is 21.1 Å². The van der Waals surface area contributed by atoms with Gasteiger partial charge in [-0.3, -0.25) is 14.5 Å². The summed E-state index contributed by atoms with van der Waals surface area (Å²) >= 11 is 0. The zero-order valence-corrected chi connectivity index (χ0v) is 28.8. The molecule has 2 aromatic carbocycles. The van der Waals surface area contributed by atoms with Gasteiger partial charge in [-0.05, 0) is 46.9 Å². The number of allylic oxidation sites excluding steroid dienone is 1. The molecule has 1 unspecified atom stereocenters. The molecule has 294 valence electrons. The molecule has 1 aromatic heterocycles. The Labute approximate surface area is 307 Å². The molecule has 20 heteroatoms. The molecule has 55 heavy (non-hydrogen) atoms. The van der Waals surface area contributed by atoms with E-state index in [1.807, 2.05) is 0 Å². The first-order valence-electron chi connectivity index (χ1n) is 17.0. The molecule has 3 heterocycles. The summed E-state index contributed by atoms with van der Waals surface area (Å²) in [7, 11) is 0. The Kier molecular flexibility index (Phi) is 11.5. The van der Waals surface area contributed by atoms with Crippen LogP contribution in [0, 0.1) is 17.5 Å². The average molecular weight is 786 g/mol. The van der Waals surface area contributed by atoms with Gasteiger partial charge in [-0.15, -0.1) is 0 Å². The number of rotatable bonds is 13. The SMILES string of the molecule is NC(=O)c1cc(-c2cnc(NCCN3CCOCC3)nc2[C@H](Cc2cc(F)cc(F)c2)NC(=O)C[N+]2=NC(C(F)F)C3=C2C(F)(F)CCC3(F)F)ccc1F. The molecule has 0 bridgehead atoms. The number of primary amides is 1. The van der Waals surface area contributed by atoms with E-state index in [0.717, 1.165) is 24.3 Å². The molecule has 2 aliphatic heterocycles. The maximum absolute atomic E-state index is 15.1. The third-order valence-electron chi connectivity index (χ3n) is 9.30. The maximum Gasteiger partial charge on any atom is 0.332 e. The van der Waals surface area contributed by atoms with Gasteiger partial charge in [-0.1, -0.05) is 10.8 Å². The molecule has 2 amide bonds. The van der Waals surface area contributed by atoms with E-state index in [-0.39, 0.29) is 33.0 Å². The fraction of sp³-hybridized carbons (Fsp3) is 0.429. The second-order valence-corrected chi connectivity index (χ2v) is 13.2. The smallest absolute Gasteiger partial charge is 0.332 e. The van der Waals surface area contributed by atoms with E-state index in [4.69, 9.17) is 10.5 Å². The van der Waals surface area contributed by atoms with Crippen molar-refractivity contribution in [2.45, 2.75) is 49.6 Å². The zero-order chi connectivity index (χ0) is 39.7. The van der Waals surface area contributed by atoms with Crippen molar-refractivity contribution in [3.05, 3.63) is 88.1 Å². The van der Waals surface area contributed by atoms with Crippen LogP contribution < -0.4 is 16.4 Å². The first-order valence-corrected chi connectivity index (χ1v) is 17.0. The Morgan fingerprint density at radius 1 is 1.00 bits per heavy atom. The molecule has 4 N–H and O–H groups in total. The van der Waals surface area contributed by atoms with Crippen LogP contribution >= 0.6 is 0 Å². The predicted octanol–water partition coefficient (Wildman–Crippen LogP) is 5.23. The molecule has 1 saturated heterocycles. The summed E-state index contributed by atoms with van der Waals surface area (Å²) in [6.07, 6.45) is -5.60. The lowest BCUT2D eigenvalue weighted by Gasteiger charge is -2.28. The quantitative estimate of drug-likeness (QED) is 0.159. The molecule has 11 nitrogen and oxygen atoms in total. The fourth-order valence-electron chi connectivity index (χ4n) is 6.74. The number of benzene rings is 2. The number of halogens is 9. The summed E-state index contributed by atoms with van der Waals surface area (Å²) in [6, 6.07) is 1.64. The van der Waals surface area contributed by atoms with Crippen LogP contribution in [0.2, 0.25) is 0 Å². The number of morpholine rings is 1. The normalized spacial score (nSPS) is 19.9. The van der Waals surface area contributed by atoms with Crippen molar-refractivity contribution < 1.29 is 58.5 Å². The van der Waals surface area contributed by atoms with Crippen LogP contribution in [0.25, 0.3) is 11.1 Å². The minimum atomic E-state index is -4.06. The number of nitrogens with one attached hydrogen (secondary N) is 2. The molecule has 1 aliphatic carbocycles. The lowest BCUT2D eigenvalue weighted by Crippen LogP contribution is -2.42. The van der Waals surface area contributed by atoms with Crippen LogP contribution in [0.15, 0.2) is 59.0 Å². The Balaban J connectivity index is 1.40. The van der Waals surface area contributed by atoms with E-state index >= 15 is 8.78 Å². The van der Waals surface area contributed by atoms with Gasteiger partial charge in [0, 0.05) is 56.8 Å². The van der Waals surface area contributed by atoms with Gasteiger partial charge in [0.15, 0.2) is 0 Å². The molecule has 0 saturated carbocycles. The fourth-order valence-corrected chi connectivity index (χ4v) is 6.74. The van der Waals surface area contributed by atoms with Gasteiger partial charge in [0.2, 0.25) is 12.0 Å². The second kappa shape index (κ2) is 15.9. The Morgan fingerprint density at radius 3 is 2.36 bits per heavy atom. The Bertz CT molecular complexity index is 2000. The minimum absolute atomic E-state index is 0.0119. The van der Waals surface area contributed by atoms with Crippen LogP contribution in [-0.2, 0) is 16.0 Å². The number of carbonyl (C=O) groups excluding carboxylic acids is 2. The largest absolute Gasteiger partial charge is 0.379 e. The molecular weight excluding hydrogens is 751 g/mol. The summed E-state index contributed by atoms with van der Waals surface area (Å²) in [5, 5.41) is 8.93. The zero-order valence-electron chi connectivity index (χ0n) is 28.8. The highest BCUT2D eigenvalue weighted by atomic mass is 19.3. The van der Waals surface area contributed by atoms with Crippen LogP contribution in [0.4, 0.5) is 45.5 Å². The molecule has 3 aliphatic rings.